The van der Waals surface area contributed by atoms with Crippen molar-refractivity contribution in [3.05, 3.63) is 35.6 Å². The van der Waals surface area contributed by atoms with Gasteiger partial charge in [-0.15, -0.1) is 11.8 Å². The summed E-state index contributed by atoms with van der Waals surface area (Å²) in [4.78, 5) is 27.3. The molecule has 0 spiro atoms. The summed E-state index contributed by atoms with van der Waals surface area (Å²) in [5.41, 5.74) is 5.50. The van der Waals surface area contributed by atoms with Gasteiger partial charge in [-0.2, -0.15) is 0 Å². The normalized spacial score (nSPS) is 19.5. The average molecular weight is 396 g/mol. The topological polar surface area (TPSA) is 75.4 Å². The smallest absolute Gasteiger partial charge is 0.258 e. The number of nitrogens with zero attached hydrogens (tertiary/aromatic N) is 1. The summed E-state index contributed by atoms with van der Waals surface area (Å²) in [5, 5.41) is 2.80. The molecule has 1 heterocycles. The summed E-state index contributed by atoms with van der Waals surface area (Å²) >= 11 is 1.58. The standard InChI is InChI=1S/C20H30FN3O2S/c1-14(2)20-24(19(26)15-9-5-6-10-16(15)21)17(13-27-20)18(25)23-12-8-4-3-7-11-22/h5-6,9-10,14,17,20H,3-4,7-8,11-13,22H2,1-2H3,(H,23,25). The summed E-state index contributed by atoms with van der Waals surface area (Å²) in [7, 11) is 0. The summed E-state index contributed by atoms with van der Waals surface area (Å²) in [6, 6.07) is 5.38. The fourth-order valence-corrected chi connectivity index (χ4v) is 4.71. The van der Waals surface area contributed by atoms with Crippen LogP contribution < -0.4 is 11.1 Å². The molecule has 150 valence electrons. The number of unbranched alkanes of at least 4 members (excludes halogenated alkanes) is 3. The lowest BCUT2D eigenvalue weighted by molar-refractivity contribution is -0.124. The van der Waals surface area contributed by atoms with E-state index in [0.29, 0.717) is 18.8 Å². The Hall–Kier alpha value is -1.60. The number of benzene rings is 1. The molecule has 0 aromatic heterocycles. The van der Waals surface area contributed by atoms with Crippen LogP contribution in [-0.4, -0.2) is 47.0 Å². The highest BCUT2D eigenvalue weighted by Crippen LogP contribution is 2.35. The van der Waals surface area contributed by atoms with E-state index in [1.54, 1.807) is 28.8 Å². The third-order valence-electron chi connectivity index (χ3n) is 4.68. The van der Waals surface area contributed by atoms with E-state index in [4.69, 9.17) is 5.73 Å². The Labute approximate surface area is 165 Å². The van der Waals surface area contributed by atoms with Gasteiger partial charge in [0.15, 0.2) is 0 Å². The number of nitrogens with two attached hydrogens (primary N) is 1. The zero-order chi connectivity index (χ0) is 19.8. The summed E-state index contributed by atoms with van der Waals surface area (Å²) in [5.74, 6) is -0.433. The molecule has 2 atom stereocenters. The minimum Gasteiger partial charge on any atom is -0.354 e. The first-order chi connectivity index (χ1) is 13.0. The van der Waals surface area contributed by atoms with Crippen LogP contribution in [0.3, 0.4) is 0 Å². The minimum absolute atomic E-state index is 0.0187. The molecule has 2 unspecified atom stereocenters. The number of halogens is 1. The van der Waals surface area contributed by atoms with E-state index in [2.05, 4.69) is 5.32 Å². The lowest BCUT2D eigenvalue weighted by atomic mass is 10.1. The van der Waals surface area contributed by atoms with Gasteiger partial charge >= 0.3 is 0 Å². The van der Waals surface area contributed by atoms with E-state index in [0.717, 1.165) is 25.7 Å². The Morgan fingerprint density at radius 3 is 2.63 bits per heavy atom. The molecule has 0 saturated carbocycles. The molecule has 1 aliphatic rings. The molecule has 1 fully saturated rings. The van der Waals surface area contributed by atoms with Crippen LogP contribution in [0.1, 0.15) is 49.9 Å². The van der Waals surface area contributed by atoms with Crippen LogP contribution in [0.2, 0.25) is 0 Å². The molecule has 1 aliphatic heterocycles. The Balaban J connectivity index is 2.05. The molecule has 0 bridgehead atoms. The predicted molar refractivity (Wildman–Crippen MR) is 108 cm³/mol. The molecule has 5 nitrogen and oxygen atoms in total. The number of nitrogens with one attached hydrogen (secondary N) is 1. The van der Waals surface area contributed by atoms with Crippen LogP contribution in [0.5, 0.6) is 0 Å². The fraction of sp³-hybridized carbons (Fsp3) is 0.600. The first kappa shape index (κ1) is 21.7. The number of amides is 2. The molecule has 1 saturated heterocycles. The molecule has 7 heteroatoms. The second kappa shape index (κ2) is 10.7. The van der Waals surface area contributed by atoms with Gasteiger partial charge in [0.25, 0.3) is 5.91 Å². The molecule has 1 aromatic rings. The number of hydrogen-bond donors (Lipinski definition) is 2. The summed E-state index contributed by atoms with van der Waals surface area (Å²) < 4.78 is 14.1. The van der Waals surface area contributed by atoms with Crippen molar-refractivity contribution in [3.63, 3.8) is 0 Å². The second-order valence-electron chi connectivity index (χ2n) is 7.17. The van der Waals surface area contributed by atoms with E-state index < -0.39 is 17.8 Å². The van der Waals surface area contributed by atoms with E-state index in [1.807, 2.05) is 13.8 Å². The molecule has 3 N–H and O–H groups in total. The first-order valence-corrected chi connectivity index (χ1v) is 10.7. The van der Waals surface area contributed by atoms with Gasteiger partial charge in [0.2, 0.25) is 5.91 Å². The van der Waals surface area contributed by atoms with Crippen molar-refractivity contribution in [3.8, 4) is 0 Å². The molecule has 0 aliphatic carbocycles. The van der Waals surface area contributed by atoms with Gasteiger partial charge in [-0.1, -0.05) is 38.8 Å². The number of carbonyl (C=O) groups is 2. The van der Waals surface area contributed by atoms with Crippen LogP contribution >= 0.6 is 11.8 Å². The SMILES string of the molecule is CC(C)C1SCC(C(=O)NCCCCCCN)N1C(=O)c1ccccc1F. The van der Waals surface area contributed by atoms with Crippen LogP contribution in [0.15, 0.2) is 24.3 Å². The number of thioether (sulfide) groups is 1. The predicted octanol–water partition coefficient (Wildman–Crippen LogP) is 3.00. The van der Waals surface area contributed by atoms with Gasteiger partial charge in [0.05, 0.1) is 10.9 Å². The van der Waals surface area contributed by atoms with Gasteiger partial charge < -0.3 is 16.0 Å². The highest BCUT2D eigenvalue weighted by atomic mass is 32.2. The minimum atomic E-state index is -0.571. The van der Waals surface area contributed by atoms with E-state index >= 15 is 0 Å². The Bertz CT molecular complexity index is 641. The van der Waals surface area contributed by atoms with Crippen molar-refractivity contribution in [1.29, 1.82) is 0 Å². The number of hydrogen-bond acceptors (Lipinski definition) is 4. The van der Waals surface area contributed by atoms with Crippen LogP contribution in [-0.2, 0) is 4.79 Å². The van der Waals surface area contributed by atoms with Crippen LogP contribution in [0.4, 0.5) is 4.39 Å². The van der Waals surface area contributed by atoms with E-state index in [1.165, 1.54) is 12.1 Å². The largest absolute Gasteiger partial charge is 0.354 e. The third kappa shape index (κ3) is 5.69. The Kier molecular flexibility index (Phi) is 8.57. The van der Waals surface area contributed by atoms with Gasteiger partial charge in [-0.3, -0.25) is 9.59 Å². The molecule has 1 aromatic carbocycles. The highest BCUT2D eigenvalue weighted by Gasteiger charge is 2.43. The summed E-state index contributed by atoms with van der Waals surface area (Å²) in [6.45, 7) is 5.29. The number of rotatable bonds is 9. The van der Waals surface area contributed by atoms with Gasteiger partial charge in [0.1, 0.15) is 11.9 Å². The number of carbonyl (C=O) groups excluding carboxylic acids is 2. The molecular formula is C20H30FN3O2S. The van der Waals surface area contributed by atoms with Crippen molar-refractivity contribution >= 4 is 23.6 Å². The molecule has 27 heavy (non-hydrogen) atoms. The molecule has 0 radical (unpaired) electrons. The van der Waals surface area contributed by atoms with Gasteiger partial charge in [0, 0.05) is 12.3 Å². The maximum Gasteiger partial charge on any atom is 0.258 e. The Morgan fingerprint density at radius 1 is 1.26 bits per heavy atom. The first-order valence-electron chi connectivity index (χ1n) is 9.64. The fourth-order valence-electron chi connectivity index (χ4n) is 3.23. The van der Waals surface area contributed by atoms with Gasteiger partial charge in [-0.25, -0.2) is 4.39 Å². The Morgan fingerprint density at radius 2 is 1.96 bits per heavy atom. The lowest BCUT2D eigenvalue weighted by Crippen LogP contribution is -2.51. The summed E-state index contributed by atoms with van der Waals surface area (Å²) in [6.07, 6.45) is 3.96. The monoisotopic (exact) mass is 395 g/mol. The zero-order valence-corrected chi connectivity index (χ0v) is 16.9. The third-order valence-corrected chi connectivity index (χ3v) is 6.30. The highest BCUT2D eigenvalue weighted by molar-refractivity contribution is 8.00. The molecule has 2 rings (SSSR count). The van der Waals surface area contributed by atoms with Crippen molar-refractivity contribution < 1.29 is 14.0 Å². The van der Waals surface area contributed by atoms with E-state index in [-0.39, 0.29) is 22.8 Å². The molecule has 2 amide bonds. The zero-order valence-electron chi connectivity index (χ0n) is 16.1. The average Bonchev–Trinajstić information content (AvgIpc) is 3.09. The maximum absolute atomic E-state index is 14.1. The molecular weight excluding hydrogens is 365 g/mol. The van der Waals surface area contributed by atoms with Crippen molar-refractivity contribution in [2.24, 2.45) is 11.7 Å². The maximum atomic E-state index is 14.1. The van der Waals surface area contributed by atoms with Crippen molar-refractivity contribution in [2.75, 3.05) is 18.8 Å². The van der Waals surface area contributed by atoms with Crippen LogP contribution in [0.25, 0.3) is 0 Å². The quantitative estimate of drug-likeness (QED) is 0.630. The lowest BCUT2D eigenvalue weighted by Gasteiger charge is -2.31. The van der Waals surface area contributed by atoms with Crippen molar-refractivity contribution in [2.45, 2.75) is 50.9 Å². The second-order valence-corrected chi connectivity index (χ2v) is 8.32. The van der Waals surface area contributed by atoms with Crippen molar-refractivity contribution in [1.82, 2.24) is 10.2 Å². The van der Waals surface area contributed by atoms with Crippen LogP contribution in [0, 0.1) is 11.7 Å². The van der Waals surface area contributed by atoms with E-state index in [9.17, 15) is 14.0 Å². The van der Waals surface area contributed by atoms with Gasteiger partial charge in [-0.05, 0) is 37.4 Å².